The van der Waals surface area contributed by atoms with E-state index in [1.165, 1.54) is 6.92 Å². The lowest BCUT2D eigenvalue weighted by Crippen LogP contribution is -2.10. The Morgan fingerprint density at radius 1 is 1.54 bits per heavy atom. The molecule has 0 radical (unpaired) electrons. The molecule has 0 aliphatic heterocycles. The molecule has 0 saturated carbocycles. The van der Waals surface area contributed by atoms with Gasteiger partial charge in [0.05, 0.1) is 6.42 Å². The number of nitrogens with one attached hydrogen (secondary N) is 1. The molecule has 0 aromatic carbocycles. The van der Waals surface area contributed by atoms with E-state index in [0.717, 1.165) is 0 Å². The van der Waals surface area contributed by atoms with E-state index in [9.17, 15) is 9.59 Å². The molecule has 0 aliphatic carbocycles. The first kappa shape index (κ1) is 9.17. The van der Waals surface area contributed by atoms with Crippen molar-refractivity contribution in [2.24, 2.45) is 0 Å². The number of carboxylic acid groups (broad SMARTS) is 1. The van der Waals surface area contributed by atoms with Crippen LogP contribution in [-0.2, 0) is 16.0 Å². The summed E-state index contributed by atoms with van der Waals surface area (Å²) < 4.78 is 4.27. The Bertz CT molecular complexity index is 302. The molecular formula is C6H7N3O4. The summed E-state index contributed by atoms with van der Waals surface area (Å²) in [5, 5.41) is 17.4. The molecule has 1 rings (SSSR count). The number of amides is 1. The Balaban J connectivity index is 2.76. The van der Waals surface area contributed by atoms with Crippen LogP contribution in [0.4, 0.5) is 5.82 Å². The second-order valence-corrected chi connectivity index (χ2v) is 2.31. The number of rotatable bonds is 3. The monoisotopic (exact) mass is 185 g/mol. The summed E-state index contributed by atoms with van der Waals surface area (Å²) in [7, 11) is 0. The Kier molecular flexibility index (Phi) is 2.58. The van der Waals surface area contributed by atoms with E-state index in [1.54, 1.807) is 0 Å². The second-order valence-electron chi connectivity index (χ2n) is 2.31. The van der Waals surface area contributed by atoms with Crippen LogP contribution in [0.2, 0.25) is 0 Å². The molecule has 70 valence electrons. The fourth-order valence-electron chi connectivity index (χ4n) is 0.727. The first-order valence-corrected chi connectivity index (χ1v) is 3.40. The Morgan fingerprint density at radius 3 is 2.77 bits per heavy atom. The summed E-state index contributed by atoms with van der Waals surface area (Å²) in [6, 6.07) is 0. The quantitative estimate of drug-likeness (QED) is 0.667. The summed E-state index contributed by atoms with van der Waals surface area (Å²) in [6.45, 7) is 1.28. The summed E-state index contributed by atoms with van der Waals surface area (Å²) in [5.74, 6) is -1.38. The van der Waals surface area contributed by atoms with Crippen molar-refractivity contribution >= 4 is 17.7 Å². The molecule has 0 saturated heterocycles. The number of hydrogen-bond acceptors (Lipinski definition) is 5. The first-order chi connectivity index (χ1) is 6.09. The van der Waals surface area contributed by atoms with Gasteiger partial charge in [0.25, 0.3) is 0 Å². The Hall–Kier alpha value is -1.92. The van der Waals surface area contributed by atoms with Crippen molar-refractivity contribution in [3.8, 4) is 0 Å². The lowest BCUT2D eigenvalue weighted by molar-refractivity contribution is -0.136. The van der Waals surface area contributed by atoms with Crippen molar-refractivity contribution in [2.45, 2.75) is 13.3 Å². The Labute approximate surface area is 72.7 Å². The van der Waals surface area contributed by atoms with E-state index in [1.807, 2.05) is 0 Å². The lowest BCUT2D eigenvalue weighted by Gasteiger charge is -1.95. The molecule has 2 N–H and O–H groups in total. The number of carbonyl (C=O) groups excluding carboxylic acids is 1. The SMILES string of the molecule is CC(=O)Nc1nonc1CC(=O)O. The fraction of sp³-hybridized carbons (Fsp3) is 0.333. The number of carbonyl (C=O) groups is 2. The van der Waals surface area contributed by atoms with E-state index in [0.29, 0.717) is 0 Å². The maximum atomic E-state index is 10.6. The standard InChI is InChI=1S/C6H7N3O4/c1-3(10)7-6-4(2-5(11)12)8-13-9-6/h2H2,1H3,(H,11,12)(H,7,9,10). The maximum Gasteiger partial charge on any atom is 0.309 e. The normalized spacial score (nSPS) is 9.62. The molecule has 7 heteroatoms. The van der Waals surface area contributed by atoms with Gasteiger partial charge in [-0.3, -0.25) is 9.59 Å². The van der Waals surface area contributed by atoms with Crippen LogP contribution in [0.15, 0.2) is 4.63 Å². The topological polar surface area (TPSA) is 105 Å². The number of anilines is 1. The highest BCUT2D eigenvalue weighted by Gasteiger charge is 2.13. The zero-order valence-electron chi connectivity index (χ0n) is 6.77. The molecule has 7 nitrogen and oxygen atoms in total. The molecule has 1 amide bonds. The fourth-order valence-corrected chi connectivity index (χ4v) is 0.727. The molecule has 0 bridgehead atoms. The molecule has 1 aromatic heterocycles. The van der Waals surface area contributed by atoms with Crippen LogP contribution < -0.4 is 5.32 Å². The largest absolute Gasteiger partial charge is 0.481 e. The van der Waals surface area contributed by atoms with Crippen LogP contribution in [-0.4, -0.2) is 27.3 Å². The zero-order valence-corrected chi connectivity index (χ0v) is 6.77. The van der Waals surface area contributed by atoms with E-state index < -0.39 is 5.97 Å². The minimum Gasteiger partial charge on any atom is -0.481 e. The average Bonchev–Trinajstić information content (AvgIpc) is 2.34. The summed E-state index contributed by atoms with van der Waals surface area (Å²) in [5.41, 5.74) is 0.0997. The molecule has 0 spiro atoms. The van der Waals surface area contributed by atoms with Crippen molar-refractivity contribution in [2.75, 3.05) is 5.32 Å². The predicted molar refractivity (Wildman–Crippen MR) is 39.9 cm³/mol. The van der Waals surface area contributed by atoms with Crippen LogP contribution in [0.3, 0.4) is 0 Å². The highest BCUT2D eigenvalue weighted by Crippen LogP contribution is 2.09. The van der Waals surface area contributed by atoms with Gasteiger partial charge in [-0.25, -0.2) is 4.63 Å². The maximum absolute atomic E-state index is 10.6. The highest BCUT2D eigenvalue weighted by molar-refractivity contribution is 5.88. The third kappa shape index (κ3) is 2.55. The van der Waals surface area contributed by atoms with E-state index in [-0.39, 0.29) is 23.8 Å². The number of aromatic nitrogens is 2. The second kappa shape index (κ2) is 3.65. The van der Waals surface area contributed by atoms with Gasteiger partial charge >= 0.3 is 5.97 Å². The predicted octanol–water partition coefficient (Wildman–Crippen LogP) is -0.345. The van der Waals surface area contributed by atoms with Gasteiger partial charge in [-0.1, -0.05) is 5.16 Å². The van der Waals surface area contributed by atoms with Crippen molar-refractivity contribution in [3.63, 3.8) is 0 Å². The molecule has 0 fully saturated rings. The number of aliphatic carboxylic acids is 1. The molecule has 0 atom stereocenters. The van der Waals surface area contributed by atoms with Crippen LogP contribution in [0, 0.1) is 0 Å². The number of hydrogen-bond donors (Lipinski definition) is 2. The number of carboxylic acids is 1. The van der Waals surface area contributed by atoms with Crippen LogP contribution in [0.5, 0.6) is 0 Å². The summed E-state index contributed by atoms with van der Waals surface area (Å²) in [6.07, 6.45) is -0.334. The summed E-state index contributed by atoms with van der Waals surface area (Å²) in [4.78, 5) is 20.9. The molecular weight excluding hydrogens is 178 g/mol. The minimum absolute atomic E-state index is 0.0508. The number of nitrogens with zero attached hydrogens (tertiary/aromatic N) is 2. The molecule has 1 heterocycles. The van der Waals surface area contributed by atoms with Gasteiger partial charge in [-0.05, 0) is 5.16 Å². The lowest BCUT2D eigenvalue weighted by atomic mass is 10.3. The van der Waals surface area contributed by atoms with Crippen molar-refractivity contribution in [1.82, 2.24) is 10.3 Å². The van der Waals surface area contributed by atoms with Gasteiger partial charge in [0, 0.05) is 6.92 Å². The smallest absolute Gasteiger partial charge is 0.309 e. The van der Waals surface area contributed by atoms with Gasteiger partial charge < -0.3 is 10.4 Å². The Morgan fingerprint density at radius 2 is 2.23 bits per heavy atom. The van der Waals surface area contributed by atoms with Gasteiger partial charge in [0.1, 0.15) is 5.69 Å². The summed E-state index contributed by atoms with van der Waals surface area (Å²) >= 11 is 0. The molecule has 0 unspecified atom stereocenters. The van der Waals surface area contributed by atoms with Gasteiger partial charge in [0.15, 0.2) is 0 Å². The van der Waals surface area contributed by atoms with Gasteiger partial charge in [-0.2, -0.15) is 0 Å². The third-order valence-electron chi connectivity index (χ3n) is 1.17. The first-order valence-electron chi connectivity index (χ1n) is 3.40. The van der Waals surface area contributed by atoms with Crippen LogP contribution in [0.25, 0.3) is 0 Å². The van der Waals surface area contributed by atoms with Crippen molar-refractivity contribution in [1.29, 1.82) is 0 Å². The molecule has 0 aliphatic rings. The highest BCUT2D eigenvalue weighted by atomic mass is 16.6. The molecule has 13 heavy (non-hydrogen) atoms. The van der Waals surface area contributed by atoms with Gasteiger partial charge in [-0.15, -0.1) is 0 Å². The van der Waals surface area contributed by atoms with Crippen LogP contribution >= 0.6 is 0 Å². The minimum atomic E-state index is -1.07. The van der Waals surface area contributed by atoms with Gasteiger partial charge in [0.2, 0.25) is 11.7 Å². The van der Waals surface area contributed by atoms with Crippen molar-refractivity contribution in [3.05, 3.63) is 5.69 Å². The molecule has 1 aromatic rings. The van der Waals surface area contributed by atoms with Crippen molar-refractivity contribution < 1.29 is 19.3 Å². The van der Waals surface area contributed by atoms with E-state index in [4.69, 9.17) is 5.11 Å². The zero-order chi connectivity index (χ0) is 9.84. The average molecular weight is 185 g/mol. The van der Waals surface area contributed by atoms with E-state index >= 15 is 0 Å². The van der Waals surface area contributed by atoms with Crippen LogP contribution in [0.1, 0.15) is 12.6 Å². The third-order valence-corrected chi connectivity index (χ3v) is 1.17. The van der Waals surface area contributed by atoms with E-state index in [2.05, 4.69) is 20.3 Å².